The van der Waals surface area contributed by atoms with E-state index in [1.165, 1.54) is 16.4 Å². The number of nitrogens with one attached hydrogen (secondary N) is 1. The first-order valence-corrected chi connectivity index (χ1v) is 14.4. The second-order valence-corrected chi connectivity index (χ2v) is 13.5. The summed E-state index contributed by atoms with van der Waals surface area (Å²) in [6.07, 6.45) is -4.29. The van der Waals surface area contributed by atoms with Gasteiger partial charge in [-0.2, -0.15) is 17.5 Å². The Kier molecular flexibility index (Phi) is 6.69. The van der Waals surface area contributed by atoms with Gasteiger partial charge in [0.05, 0.1) is 10.4 Å². The Balaban J connectivity index is 1.35. The molecule has 1 atom stereocenters. The van der Waals surface area contributed by atoms with Gasteiger partial charge in [0.25, 0.3) is 0 Å². The lowest BCUT2D eigenvalue weighted by molar-refractivity contribution is -0.151. The van der Waals surface area contributed by atoms with Gasteiger partial charge in [-0.25, -0.2) is 12.8 Å². The van der Waals surface area contributed by atoms with Gasteiger partial charge in [0.2, 0.25) is 10.0 Å². The molecule has 0 aromatic heterocycles. The van der Waals surface area contributed by atoms with Gasteiger partial charge in [-0.1, -0.05) is 30.3 Å². The molecule has 4 aliphatic rings. The van der Waals surface area contributed by atoms with E-state index in [1.54, 1.807) is 56.3 Å². The van der Waals surface area contributed by atoms with Crippen molar-refractivity contribution in [2.24, 2.45) is 10.4 Å². The molecule has 1 unspecified atom stereocenters. The number of carbonyl (C=O) groups is 1. The van der Waals surface area contributed by atoms with Crippen LogP contribution in [-0.4, -0.2) is 47.6 Å². The summed E-state index contributed by atoms with van der Waals surface area (Å²) in [7, 11) is -3.88. The maximum atomic E-state index is 13.8. The number of sulfonamides is 1. The van der Waals surface area contributed by atoms with Crippen molar-refractivity contribution in [2.75, 3.05) is 0 Å². The molecule has 39 heavy (non-hydrogen) atoms. The van der Waals surface area contributed by atoms with Gasteiger partial charge >= 0.3 is 6.18 Å². The van der Waals surface area contributed by atoms with Crippen molar-refractivity contribution >= 4 is 21.6 Å². The highest BCUT2D eigenvalue weighted by Gasteiger charge is 2.75. The number of rotatable bonds is 10. The summed E-state index contributed by atoms with van der Waals surface area (Å²) in [4.78, 5) is 17.6. The summed E-state index contributed by atoms with van der Waals surface area (Å²) in [5.41, 5.74) is -1.15. The monoisotopic (exact) mass is 565 g/mol. The van der Waals surface area contributed by atoms with E-state index in [9.17, 15) is 30.8 Å². The fourth-order valence-corrected chi connectivity index (χ4v) is 8.05. The van der Waals surface area contributed by atoms with Gasteiger partial charge in [-0.3, -0.25) is 9.79 Å². The Morgan fingerprint density at radius 3 is 2.26 bits per heavy atom. The quantitative estimate of drug-likeness (QED) is 0.392. The Morgan fingerprint density at radius 1 is 1.05 bits per heavy atom. The lowest BCUT2D eigenvalue weighted by Crippen LogP contribution is -2.78. The third kappa shape index (κ3) is 5.11. The SMILES string of the molecule is CC1(C)NC(C23CC(N(Cc4ccc(F)cc4)S(=O)(=O)c4ccccc4)(C2)C3)=NC1C(=O)CCCC(F)(F)F. The van der Waals surface area contributed by atoms with Gasteiger partial charge in [0, 0.05) is 30.3 Å². The number of amidine groups is 1. The number of ketones is 1. The summed E-state index contributed by atoms with van der Waals surface area (Å²) in [5.74, 6) is -0.115. The molecule has 0 spiro atoms. The van der Waals surface area contributed by atoms with Crippen molar-refractivity contribution in [3.05, 3.63) is 66.0 Å². The Bertz CT molecular complexity index is 1370. The largest absolute Gasteiger partial charge is 0.389 e. The predicted octanol–water partition coefficient (Wildman–Crippen LogP) is 5.39. The molecule has 1 aliphatic heterocycles. The number of Topliss-reactive ketones (excluding diaryl/α,β-unsaturated/α-hetero) is 1. The minimum Gasteiger partial charge on any atom is -0.366 e. The summed E-state index contributed by atoms with van der Waals surface area (Å²) in [6.45, 7) is 3.69. The fourth-order valence-electron chi connectivity index (χ4n) is 6.27. The van der Waals surface area contributed by atoms with Crippen LogP contribution in [0.4, 0.5) is 17.6 Å². The van der Waals surface area contributed by atoms with E-state index >= 15 is 0 Å². The molecule has 6 nitrogen and oxygen atoms in total. The highest BCUT2D eigenvalue weighted by Crippen LogP contribution is 2.71. The summed E-state index contributed by atoms with van der Waals surface area (Å²) in [6, 6.07) is 13.1. The van der Waals surface area contributed by atoms with E-state index in [0.29, 0.717) is 30.7 Å². The van der Waals surface area contributed by atoms with Crippen molar-refractivity contribution < 1.29 is 30.8 Å². The minimum atomic E-state index is -4.31. The highest BCUT2D eigenvalue weighted by molar-refractivity contribution is 7.89. The molecule has 3 saturated carbocycles. The van der Waals surface area contributed by atoms with Crippen molar-refractivity contribution in [1.29, 1.82) is 0 Å². The molecule has 3 fully saturated rings. The van der Waals surface area contributed by atoms with E-state index in [0.717, 1.165) is 0 Å². The standard InChI is InChI=1S/C28H31F4N3O3S/c1-25(2)23(22(36)9-6-14-28(30,31)32)33-24(34-25)26-16-27(17-26,18-26)35(15-19-10-12-20(29)13-11-19)39(37,38)21-7-4-3-5-8-21/h3-5,7-8,10-13,23H,6,9,14-18H2,1-2H3,(H,33,34). The highest BCUT2D eigenvalue weighted by atomic mass is 32.2. The number of nitrogens with zero attached hydrogens (tertiary/aromatic N) is 2. The van der Waals surface area contributed by atoms with Crippen LogP contribution < -0.4 is 5.32 Å². The molecular formula is C28H31F4N3O3S. The first-order chi connectivity index (χ1) is 18.2. The number of alkyl halides is 3. The second kappa shape index (κ2) is 9.40. The second-order valence-electron chi connectivity index (χ2n) is 11.6. The first-order valence-electron chi connectivity index (χ1n) is 12.9. The van der Waals surface area contributed by atoms with Crippen LogP contribution in [0.1, 0.15) is 57.9 Å². The van der Waals surface area contributed by atoms with E-state index in [1.807, 2.05) is 0 Å². The zero-order chi connectivity index (χ0) is 28.3. The number of hydrogen-bond donors (Lipinski definition) is 1. The number of carbonyl (C=O) groups excluding carboxylic acids is 1. The smallest absolute Gasteiger partial charge is 0.366 e. The third-order valence-corrected chi connectivity index (χ3v) is 10.1. The Morgan fingerprint density at radius 2 is 1.67 bits per heavy atom. The summed E-state index contributed by atoms with van der Waals surface area (Å²) in [5, 5.41) is 3.33. The minimum absolute atomic E-state index is 0.0826. The van der Waals surface area contributed by atoms with Crippen molar-refractivity contribution in [3.63, 3.8) is 0 Å². The van der Waals surface area contributed by atoms with Crippen molar-refractivity contribution in [1.82, 2.24) is 9.62 Å². The van der Waals surface area contributed by atoms with Crippen molar-refractivity contribution in [2.45, 2.75) is 87.1 Å². The molecule has 1 heterocycles. The predicted molar refractivity (Wildman–Crippen MR) is 138 cm³/mol. The van der Waals surface area contributed by atoms with E-state index < -0.39 is 51.0 Å². The van der Waals surface area contributed by atoms with Crippen LogP contribution in [0.3, 0.4) is 0 Å². The maximum absolute atomic E-state index is 13.8. The topological polar surface area (TPSA) is 78.8 Å². The van der Waals surface area contributed by atoms with Gasteiger partial charge in [0.15, 0.2) is 5.78 Å². The van der Waals surface area contributed by atoms with Crippen molar-refractivity contribution in [3.8, 4) is 0 Å². The molecule has 210 valence electrons. The van der Waals surface area contributed by atoms with E-state index in [2.05, 4.69) is 10.3 Å². The first kappa shape index (κ1) is 27.8. The van der Waals surface area contributed by atoms with Crippen LogP contribution >= 0.6 is 0 Å². The molecular weight excluding hydrogens is 534 g/mol. The molecule has 2 aromatic carbocycles. The summed E-state index contributed by atoms with van der Waals surface area (Å²) < 4.78 is 80.2. The molecule has 0 saturated heterocycles. The molecule has 6 rings (SSSR count). The number of benzene rings is 2. The Hall–Kier alpha value is -2.79. The molecule has 0 radical (unpaired) electrons. The summed E-state index contributed by atoms with van der Waals surface area (Å²) >= 11 is 0. The number of hydrogen-bond acceptors (Lipinski definition) is 5. The van der Waals surface area contributed by atoms with Gasteiger partial charge < -0.3 is 5.32 Å². The molecule has 0 amide bonds. The normalized spacial score (nSPS) is 27.4. The number of aliphatic imine (C=N–C) groups is 1. The van der Waals surface area contributed by atoms with Crippen LogP contribution in [0.25, 0.3) is 0 Å². The average Bonchev–Trinajstić information content (AvgIpc) is 3.12. The zero-order valence-corrected chi connectivity index (χ0v) is 22.6. The zero-order valence-electron chi connectivity index (χ0n) is 21.8. The van der Waals surface area contributed by atoms with Crippen LogP contribution in [-0.2, 0) is 21.4 Å². The van der Waals surface area contributed by atoms with E-state index in [4.69, 9.17) is 0 Å². The molecule has 11 heteroatoms. The maximum Gasteiger partial charge on any atom is 0.389 e. The van der Waals surface area contributed by atoms with Crippen LogP contribution in [0.5, 0.6) is 0 Å². The lowest BCUT2D eigenvalue weighted by atomic mass is 9.38. The molecule has 1 N–H and O–H groups in total. The van der Waals surface area contributed by atoms with Crippen LogP contribution in [0, 0.1) is 11.2 Å². The molecule has 2 aromatic rings. The fraction of sp³-hybridized carbons (Fsp3) is 0.500. The van der Waals surface area contributed by atoms with Gasteiger partial charge in [-0.15, -0.1) is 0 Å². The van der Waals surface area contributed by atoms with Crippen LogP contribution in [0.15, 0.2) is 64.5 Å². The molecule has 3 aliphatic carbocycles. The van der Waals surface area contributed by atoms with Gasteiger partial charge in [0.1, 0.15) is 17.7 Å². The molecule has 2 bridgehead atoms. The number of halogens is 4. The lowest BCUT2D eigenvalue weighted by Gasteiger charge is -2.73. The Labute approximate surface area is 225 Å². The average molecular weight is 566 g/mol. The van der Waals surface area contributed by atoms with Crippen LogP contribution in [0.2, 0.25) is 0 Å². The van der Waals surface area contributed by atoms with E-state index in [-0.39, 0.29) is 30.1 Å². The van der Waals surface area contributed by atoms with Gasteiger partial charge in [-0.05, 0) is 69.4 Å². The third-order valence-electron chi connectivity index (χ3n) is 8.18.